The first-order valence-electron chi connectivity index (χ1n) is 6.56. The Morgan fingerprint density at radius 1 is 1.19 bits per heavy atom. The maximum atomic E-state index is 12.2. The van der Waals surface area contributed by atoms with Crippen molar-refractivity contribution < 1.29 is 12.9 Å². The van der Waals surface area contributed by atoms with Gasteiger partial charge in [0.2, 0.25) is 0 Å². The van der Waals surface area contributed by atoms with Crippen LogP contribution in [0.1, 0.15) is 26.6 Å². The molecule has 7 heteroatoms. The topological polar surface area (TPSA) is 82.2 Å². The maximum absolute atomic E-state index is 12.2. The third kappa shape index (κ3) is 3.41. The number of aromatic nitrogens is 2. The lowest BCUT2D eigenvalue weighted by atomic mass is 9.96. The van der Waals surface area contributed by atoms with E-state index in [1.165, 1.54) is 16.7 Å². The molecule has 1 heterocycles. The summed E-state index contributed by atoms with van der Waals surface area (Å²) in [5, 5.41) is 3.74. The second kappa shape index (κ2) is 5.48. The lowest BCUT2D eigenvalue weighted by Gasteiger charge is -2.16. The highest BCUT2D eigenvalue weighted by molar-refractivity contribution is 7.91. The molecule has 6 nitrogen and oxygen atoms in total. The number of benzene rings is 1. The zero-order chi connectivity index (χ0) is 15.7. The molecule has 0 saturated carbocycles. The van der Waals surface area contributed by atoms with Crippen LogP contribution in [0.4, 0.5) is 0 Å². The molecule has 0 N–H and O–H groups in total. The first-order valence-corrected chi connectivity index (χ1v) is 8.22. The molecule has 0 spiro atoms. The van der Waals surface area contributed by atoms with Crippen LogP contribution in [0.2, 0.25) is 0 Å². The summed E-state index contributed by atoms with van der Waals surface area (Å²) in [5.41, 5.74) is -0.400. The molecule has 0 aliphatic carbocycles. The van der Waals surface area contributed by atoms with E-state index in [4.69, 9.17) is 0 Å². The molecule has 0 aliphatic heterocycles. The lowest BCUT2D eigenvalue weighted by Crippen LogP contribution is -2.27. The Bertz CT molecular complexity index is 767. The van der Waals surface area contributed by atoms with Gasteiger partial charge in [-0.25, -0.2) is 13.2 Å². The summed E-state index contributed by atoms with van der Waals surface area (Å²) in [7, 11) is -3.44. The SMILES string of the molecule is CC(C)(C)c1noc(=O)n1CCS(=O)(=O)c1ccccc1. The van der Waals surface area contributed by atoms with E-state index in [-0.39, 0.29) is 17.2 Å². The molecule has 0 radical (unpaired) electrons. The highest BCUT2D eigenvalue weighted by Gasteiger charge is 2.25. The fourth-order valence-electron chi connectivity index (χ4n) is 1.96. The minimum Gasteiger partial charge on any atom is -0.296 e. The van der Waals surface area contributed by atoms with Gasteiger partial charge >= 0.3 is 5.76 Å². The highest BCUT2D eigenvalue weighted by Crippen LogP contribution is 2.19. The molecule has 0 atom stereocenters. The molecule has 0 saturated heterocycles. The molecule has 0 bridgehead atoms. The fourth-order valence-corrected chi connectivity index (χ4v) is 3.19. The molecule has 21 heavy (non-hydrogen) atoms. The van der Waals surface area contributed by atoms with E-state index in [9.17, 15) is 13.2 Å². The summed E-state index contributed by atoms with van der Waals surface area (Å²) < 4.78 is 30.4. The van der Waals surface area contributed by atoms with Crippen LogP contribution in [0, 0.1) is 0 Å². The van der Waals surface area contributed by atoms with Crippen molar-refractivity contribution in [3.8, 4) is 0 Å². The van der Waals surface area contributed by atoms with Gasteiger partial charge in [-0.2, -0.15) is 0 Å². The van der Waals surface area contributed by atoms with Gasteiger partial charge < -0.3 is 0 Å². The van der Waals surface area contributed by atoms with E-state index >= 15 is 0 Å². The second-order valence-electron chi connectivity index (χ2n) is 5.81. The Balaban J connectivity index is 2.26. The van der Waals surface area contributed by atoms with E-state index < -0.39 is 21.0 Å². The molecule has 0 fully saturated rings. The van der Waals surface area contributed by atoms with Crippen LogP contribution in [-0.4, -0.2) is 23.9 Å². The first kappa shape index (κ1) is 15.5. The monoisotopic (exact) mass is 310 g/mol. The first-order chi connectivity index (χ1) is 9.72. The Kier molecular flexibility index (Phi) is 4.04. The summed E-state index contributed by atoms with van der Waals surface area (Å²) in [6, 6.07) is 8.16. The largest absolute Gasteiger partial charge is 0.441 e. The van der Waals surface area contributed by atoms with Gasteiger partial charge in [-0.05, 0) is 12.1 Å². The van der Waals surface area contributed by atoms with Crippen molar-refractivity contribution in [2.75, 3.05) is 5.75 Å². The number of rotatable bonds is 4. The smallest absolute Gasteiger partial charge is 0.296 e. The van der Waals surface area contributed by atoms with Crippen molar-refractivity contribution >= 4 is 9.84 Å². The van der Waals surface area contributed by atoms with E-state index in [0.717, 1.165) is 0 Å². The standard InChI is InChI=1S/C14H18N2O4S/c1-14(2,3)12-15-20-13(17)16(12)9-10-21(18,19)11-7-5-4-6-8-11/h4-8H,9-10H2,1-3H3. The number of sulfone groups is 1. The molecule has 114 valence electrons. The van der Waals surface area contributed by atoms with Gasteiger partial charge in [-0.15, -0.1) is 0 Å². The van der Waals surface area contributed by atoms with Crippen LogP contribution in [0.25, 0.3) is 0 Å². The fraction of sp³-hybridized carbons (Fsp3) is 0.429. The zero-order valence-electron chi connectivity index (χ0n) is 12.2. The Morgan fingerprint density at radius 2 is 1.81 bits per heavy atom. The maximum Gasteiger partial charge on any atom is 0.441 e. The summed E-state index contributed by atoms with van der Waals surface area (Å²) >= 11 is 0. The van der Waals surface area contributed by atoms with E-state index in [1.54, 1.807) is 18.2 Å². The molecule has 0 aliphatic rings. The predicted molar refractivity (Wildman–Crippen MR) is 78.0 cm³/mol. The summed E-state index contributed by atoms with van der Waals surface area (Å²) in [6.45, 7) is 5.66. The third-order valence-corrected chi connectivity index (χ3v) is 4.75. The average molecular weight is 310 g/mol. The predicted octanol–water partition coefficient (Wildman–Crippen LogP) is 1.61. The zero-order valence-corrected chi connectivity index (χ0v) is 13.1. The summed E-state index contributed by atoms with van der Waals surface area (Å²) in [5.74, 6) is -0.375. The van der Waals surface area contributed by atoms with Crippen molar-refractivity contribution in [3.05, 3.63) is 46.7 Å². The minimum absolute atomic E-state index is 0.0200. The van der Waals surface area contributed by atoms with Crippen LogP contribution in [-0.2, 0) is 21.8 Å². The van der Waals surface area contributed by atoms with Crippen LogP contribution in [0.5, 0.6) is 0 Å². The van der Waals surface area contributed by atoms with Crippen LogP contribution in [0.15, 0.2) is 44.5 Å². The number of hydrogen-bond acceptors (Lipinski definition) is 5. The van der Waals surface area contributed by atoms with Gasteiger partial charge in [0.25, 0.3) is 0 Å². The van der Waals surface area contributed by atoms with Crippen molar-refractivity contribution in [1.82, 2.24) is 9.72 Å². The number of nitrogens with zero attached hydrogens (tertiary/aromatic N) is 2. The summed E-state index contributed by atoms with van der Waals surface area (Å²) in [6.07, 6.45) is 0. The van der Waals surface area contributed by atoms with Gasteiger partial charge in [0.05, 0.1) is 10.6 Å². The van der Waals surface area contributed by atoms with Gasteiger partial charge in [-0.3, -0.25) is 9.09 Å². The molecular formula is C14H18N2O4S. The van der Waals surface area contributed by atoms with E-state index in [0.29, 0.717) is 5.82 Å². The van der Waals surface area contributed by atoms with Crippen molar-refractivity contribution in [2.24, 2.45) is 0 Å². The van der Waals surface area contributed by atoms with Crippen LogP contribution >= 0.6 is 0 Å². The molecule has 1 aromatic carbocycles. The summed E-state index contributed by atoms with van der Waals surface area (Å²) in [4.78, 5) is 11.9. The number of hydrogen-bond donors (Lipinski definition) is 0. The molecule has 1 aromatic heterocycles. The van der Waals surface area contributed by atoms with E-state index in [2.05, 4.69) is 9.68 Å². The molecule has 2 rings (SSSR count). The van der Waals surface area contributed by atoms with Gasteiger partial charge in [-0.1, -0.05) is 44.1 Å². The normalized spacial score (nSPS) is 12.5. The highest BCUT2D eigenvalue weighted by atomic mass is 32.2. The van der Waals surface area contributed by atoms with E-state index in [1.807, 2.05) is 20.8 Å². The van der Waals surface area contributed by atoms with Crippen LogP contribution in [0.3, 0.4) is 0 Å². The van der Waals surface area contributed by atoms with Gasteiger partial charge in [0, 0.05) is 12.0 Å². The van der Waals surface area contributed by atoms with Crippen LogP contribution < -0.4 is 5.76 Å². The molecule has 0 amide bonds. The minimum atomic E-state index is -3.44. The second-order valence-corrected chi connectivity index (χ2v) is 7.91. The van der Waals surface area contributed by atoms with Crippen molar-refractivity contribution in [2.45, 2.75) is 37.6 Å². The quantitative estimate of drug-likeness (QED) is 0.857. The lowest BCUT2D eigenvalue weighted by molar-refractivity contribution is 0.367. The molecule has 0 unspecified atom stereocenters. The Labute approximate surface area is 123 Å². The Hall–Kier alpha value is -1.89. The Morgan fingerprint density at radius 3 is 2.38 bits per heavy atom. The molecule has 2 aromatic rings. The molecular weight excluding hydrogens is 292 g/mol. The third-order valence-electron chi connectivity index (χ3n) is 3.04. The average Bonchev–Trinajstić information content (AvgIpc) is 2.79. The van der Waals surface area contributed by atoms with Gasteiger partial charge in [0.15, 0.2) is 15.7 Å². The van der Waals surface area contributed by atoms with Crippen molar-refractivity contribution in [1.29, 1.82) is 0 Å². The van der Waals surface area contributed by atoms with Gasteiger partial charge in [0.1, 0.15) is 0 Å². The van der Waals surface area contributed by atoms with Crippen molar-refractivity contribution in [3.63, 3.8) is 0 Å².